The summed E-state index contributed by atoms with van der Waals surface area (Å²) in [5.41, 5.74) is 2.09. The van der Waals surface area contributed by atoms with E-state index in [-0.39, 0.29) is 17.1 Å². The SMILES string of the molecule is COC(=O)c1cc(NC(=O)c2ccc(N(Cc3ccccc3)S(C)(=O)=O)cc2)ccc1Cl. The molecule has 0 spiro atoms. The van der Waals surface area contributed by atoms with Gasteiger partial charge < -0.3 is 10.1 Å². The minimum atomic E-state index is -3.54. The summed E-state index contributed by atoms with van der Waals surface area (Å²) < 4.78 is 30.6. The molecule has 0 bridgehead atoms. The van der Waals surface area contributed by atoms with Crippen LogP contribution >= 0.6 is 11.6 Å². The third-order valence-corrected chi connectivity index (χ3v) is 6.09. The number of methoxy groups -OCH3 is 1. The van der Waals surface area contributed by atoms with Gasteiger partial charge in [0.25, 0.3) is 5.91 Å². The van der Waals surface area contributed by atoms with Gasteiger partial charge in [0.2, 0.25) is 10.0 Å². The smallest absolute Gasteiger partial charge is 0.339 e. The number of benzene rings is 3. The highest BCUT2D eigenvalue weighted by Gasteiger charge is 2.19. The summed E-state index contributed by atoms with van der Waals surface area (Å²) >= 11 is 6.00. The summed E-state index contributed by atoms with van der Waals surface area (Å²) in [6.45, 7) is 0.173. The standard InChI is InChI=1S/C23H21ClN2O5S/c1-31-23(28)20-14-18(10-13-21(20)24)25-22(27)17-8-11-19(12-9-17)26(32(2,29)30)15-16-6-4-3-5-7-16/h3-14H,15H2,1-2H3,(H,25,27). The van der Waals surface area contributed by atoms with Crippen molar-refractivity contribution in [2.24, 2.45) is 0 Å². The molecule has 0 heterocycles. The minimum absolute atomic E-state index is 0.132. The Morgan fingerprint density at radius 2 is 1.66 bits per heavy atom. The molecule has 0 aliphatic heterocycles. The molecule has 166 valence electrons. The van der Waals surface area contributed by atoms with E-state index in [1.807, 2.05) is 30.3 Å². The van der Waals surface area contributed by atoms with Crippen molar-refractivity contribution in [2.45, 2.75) is 6.54 Å². The predicted octanol–water partition coefficient (Wildman–Crippen LogP) is 4.35. The number of hydrogen-bond donors (Lipinski definition) is 1. The Morgan fingerprint density at radius 3 is 2.25 bits per heavy atom. The molecule has 1 amide bonds. The van der Waals surface area contributed by atoms with Crippen LogP contribution in [0.1, 0.15) is 26.3 Å². The topological polar surface area (TPSA) is 92.8 Å². The maximum absolute atomic E-state index is 12.6. The monoisotopic (exact) mass is 472 g/mol. The molecule has 0 aliphatic rings. The number of ether oxygens (including phenoxy) is 1. The van der Waals surface area contributed by atoms with Gasteiger partial charge in [-0.1, -0.05) is 41.9 Å². The Labute approximate surface area is 191 Å². The predicted molar refractivity (Wildman–Crippen MR) is 125 cm³/mol. The molecule has 0 aliphatic carbocycles. The van der Waals surface area contributed by atoms with Gasteiger partial charge >= 0.3 is 5.97 Å². The number of carbonyl (C=O) groups is 2. The van der Waals surface area contributed by atoms with Gasteiger partial charge in [-0.2, -0.15) is 0 Å². The summed E-state index contributed by atoms with van der Waals surface area (Å²) in [5, 5.41) is 2.89. The van der Waals surface area contributed by atoms with Crippen LogP contribution in [0.15, 0.2) is 72.8 Å². The zero-order valence-corrected chi connectivity index (χ0v) is 19.0. The molecule has 0 radical (unpaired) electrons. The first-order chi connectivity index (χ1) is 15.2. The molecule has 7 nitrogen and oxygen atoms in total. The first kappa shape index (κ1) is 23.3. The van der Waals surface area contributed by atoms with Crippen molar-refractivity contribution < 1.29 is 22.7 Å². The third kappa shape index (κ3) is 5.66. The van der Waals surface area contributed by atoms with Crippen LogP contribution in [0, 0.1) is 0 Å². The maximum atomic E-state index is 12.6. The van der Waals surface area contributed by atoms with Gasteiger partial charge in [-0.3, -0.25) is 9.10 Å². The van der Waals surface area contributed by atoms with Crippen LogP contribution in [-0.2, 0) is 21.3 Å². The highest BCUT2D eigenvalue weighted by atomic mass is 35.5. The van der Waals surface area contributed by atoms with Crippen LogP contribution in [0.5, 0.6) is 0 Å². The van der Waals surface area contributed by atoms with Crippen molar-refractivity contribution in [1.29, 1.82) is 0 Å². The molecule has 0 unspecified atom stereocenters. The lowest BCUT2D eigenvalue weighted by atomic mass is 10.1. The number of sulfonamides is 1. The normalized spacial score (nSPS) is 11.0. The second-order valence-corrected chi connectivity index (χ2v) is 9.26. The van der Waals surface area contributed by atoms with E-state index in [0.29, 0.717) is 16.9 Å². The maximum Gasteiger partial charge on any atom is 0.339 e. The number of anilines is 2. The molecule has 1 N–H and O–H groups in total. The zero-order valence-electron chi connectivity index (χ0n) is 17.4. The van der Waals surface area contributed by atoms with E-state index in [4.69, 9.17) is 11.6 Å². The quantitative estimate of drug-likeness (QED) is 0.516. The summed E-state index contributed by atoms with van der Waals surface area (Å²) in [7, 11) is -2.30. The number of carbonyl (C=O) groups excluding carboxylic acids is 2. The second-order valence-electron chi connectivity index (χ2n) is 6.94. The van der Waals surface area contributed by atoms with E-state index in [0.717, 1.165) is 11.8 Å². The van der Waals surface area contributed by atoms with Gasteiger partial charge in [-0.25, -0.2) is 13.2 Å². The molecule has 0 saturated carbocycles. The van der Waals surface area contributed by atoms with Crippen molar-refractivity contribution in [3.8, 4) is 0 Å². The van der Waals surface area contributed by atoms with E-state index in [1.54, 1.807) is 18.2 Å². The lowest BCUT2D eigenvalue weighted by Gasteiger charge is -2.22. The molecule has 9 heteroatoms. The molecule has 3 aromatic carbocycles. The first-order valence-corrected chi connectivity index (χ1v) is 11.7. The molecular weight excluding hydrogens is 452 g/mol. The second kappa shape index (κ2) is 9.84. The fourth-order valence-corrected chi connectivity index (χ4v) is 4.08. The van der Waals surface area contributed by atoms with E-state index in [2.05, 4.69) is 10.1 Å². The molecule has 0 saturated heterocycles. The van der Waals surface area contributed by atoms with Crippen LogP contribution < -0.4 is 9.62 Å². The zero-order chi connectivity index (χ0) is 23.3. The lowest BCUT2D eigenvalue weighted by molar-refractivity contribution is 0.0600. The van der Waals surface area contributed by atoms with Crippen molar-refractivity contribution in [2.75, 3.05) is 23.0 Å². The van der Waals surface area contributed by atoms with E-state index >= 15 is 0 Å². The summed E-state index contributed by atoms with van der Waals surface area (Å²) in [6, 6.07) is 19.9. The van der Waals surface area contributed by atoms with E-state index in [9.17, 15) is 18.0 Å². The van der Waals surface area contributed by atoms with E-state index < -0.39 is 21.9 Å². The number of esters is 1. The van der Waals surface area contributed by atoms with Gasteiger partial charge in [0, 0.05) is 11.3 Å². The highest BCUT2D eigenvalue weighted by molar-refractivity contribution is 7.92. The molecular formula is C23H21ClN2O5S. The number of rotatable bonds is 7. The van der Waals surface area contributed by atoms with Crippen molar-refractivity contribution in [3.05, 3.63) is 94.5 Å². The number of nitrogens with one attached hydrogen (secondary N) is 1. The van der Waals surface area contributed by atoms with Crippen molar-refractivity contribution in [3.63, 3.8) is 0 Å². The molecule has 32 heavy (non-hydrogen) atoms. The number of amides is 1. The summed E-state index contributed by atoms with van der Waals surface area (Å²) in [4.78, 5) is 24.4. The highest BCUT2D eigenvalue weighted by Crippen LogP contribution is 2.24. The van der Waals surface area contributed by atoms with Crippen LogP contribution in [0.4, 0.5) is 11.4 Å². The first-order valence-electron chi connectivity index (χ1n) is 9.50. The van der Waals surface area contributed by atoms with Crippen LogP contribution in [-0.4, -0.2) is 33.7 Å². The number of hydrogen-bond acceptors (Lipinski definition) is 5. The summed E-state index contributed by atoms with van der Waals surface area (Å²) in [6.07, 6.45) is 1.13. The third-order valence-electron chi connectivity index (χ3n) is 4.62. The van der Waals surface area contributed by atoms with Crippen LogP contribution in [0.2, 0.25) is 5.02 Å². The molecule has 3 aromatic rings. The molecule has 0 aromatic heterocycles. The van der Waals surface area contributed by atoms with Gasteiger partial charge in [-0.05, 0) is 48.0 Å². The van der Waals surface area contributed by atoms with Gasteiger partial charge in [0.1, 0.15) is 0 Å². The average Bonchev–Trinajstić information content (AvgIpc) is 2.78. The molecule has 0 atom stereocenters. The largest absolute Gasteiger partial charge is 0.465 e. The average molecular weight is 473 g/mol. The van der Waals surface area contributed by atoms with Crippen LogP contribution in [0.3, 0.4) is 0 Å². The van der Waals surface area contributed by atoms with Crippen molar-refractivity contribution in [1.82, 2.24) is 0 Å². The Kier molecular flexibility index (Phi) is 7.17. The molecule has 3 rings (SSSR count). The fraction of sp³-hybridized carbons (Fsp3) is 0.130. The van der Waals surface area contributed by atoms with E-state index in [1.165, 1.54) is 35.7 Å². The Hall–Kier alpha value is -3.36. The van der Waals surface area contributed by atoms with Gasteiger partial charge in [-0.15, -0.1) is 0 Å². The van der Waals surface area contributed by atoms with Crippen molar-refractivity contribution >= 4 is 44.9 Å². The Bertz CT molecular complexity index is 1230. The minimum Gasteiger partial charge on any atom is -0.465 e. The Morgan fingerprint density at radius 1 is 1.00 bits per heavy atom. The fourth-order valence-electron chi connectivity index (χ4n) is 3.00. The lowest BCUT2D eigenvalue weighted by Crippen LogP contribution is -2.29. The number of nitrogens with zero attached hydrogens (tertiary/aromatic N) is 1. The molecule has 0 fully saturated rings. The van der Waals surface area contributed by atoms with Gasteiger partial charge in [0.15, 0.2) is 0 Å². The summed E-state index contributed by atoms with van der Waals surface area (Å²) in [5.74, 6) is -1.04. The van der Waals surface area contributed by atoms with Gasteiger partial charge in [0.05, 0.1) is 36.2 Å². The number of halogens is 1. The van der Waals surface area contributed by atoms with Crippen LogP contribution in [0.25, 0.3) is 0 Å². The Balaban J connectivity index is 1.79.